The number of hydrogen-bond donors (Lipinski definition) is 2. The van der Waals surface area contributed by atoms with E-state index in [2.05, 4.69) is 10.6 Å². The van der Waals surface area contributed by atoms with Gasteiger partial charge in [-0.15, -0.1) is 0 Å². The number of hydrogen-bond acceptors (Lipinski definition) is 4. The van der Waals surface area contributed by atoms with Gasteiger partial charge in [0.2, 0.25) is 0 Å². The zero-order valence-electron chi connectivity index (χ0n) is 17.4. The molecule has 0 aliphatic heterocycles. The SMILES string of the molecule is N#C/C(=C\c1ccc(OCC(=O)NC2CCCCC2)cc1)C(=O)Nc1ccc(Cl)c(Cl)c1. The Morgan fingerprint density at radius 1 is 1.06 bits per heavy atom. The summed E-state index contributed by atoms with van der Waals surface area (Å²) >= 11 is 11.8. The van der Waals surface area contributed by atoms with E-state index in [1.807, 2.05) is 6.07 Å². The van der Waals surface area contributed by atoms with Crippen LogP contribution in [0.4, 0.5) is 5.69 Å². The standard InChI is InChI=1S/C24H23Cl2N3O3/c25-21-11-8-19(13-22(21)26)29-24(31)17(14-27)12-16-6-9-20(10-7-16)32-15-23(30)28-18-4-2-1-3-5-18/h6-13,18H,1-5,15H2,(H,28,30)(H,29,31)/b17-12+. The number of rotatable bonds is 7. The van der Waals surface area contributed by atoms with Crippen LogP contribution in [0.2, 0.25) is 10.0 Å². The summed E-state index contributed by atoms with van der Waals surface area (Å²) in [7, 11) is 0. The number of amides is 2. The summed E-state index contributed by atoms with van der Waals surface area (Å²) in [6.45, 7) is -0.0544. The van der Waals surface area contributed by atoms with Crippen LogP contribution in [0.3, 0.4) is 0 Å². The Bertz CT molecular complexity index is 1040. The van der Waals surface area contributed by atoms with Gasteiger partial charge < -0.3 is 15.4 Å². The first-order chi connectivity index (χ1) is 15.4. The molecule has 1 fully saturated rings. The first-order valence-electron chi connectivity index (χ1n) is 10.3. The topological polar surface area (TPSA) is 91.2 Å². The van der Waals surface area contributed by atoms with Gasteiger partial charge in [0.1, 0.15) is 17.4 Å². The van der Waals surface area contributed by atoms with Crippen molar-refractivity contribution in [3.8, 4) is 11.8 Å². The van der Waals surface area contributed by atoms with Gasteiger partial charge in [-0.05, 0) is 54.8 Å². The van der Waals surface area contributed by atoms with Gasteiger partial charge >= 0.3 is 0 Å². The number of ether oxygens (including phenoxy) is 1. The Balaban J connectivity index is 1.55. The normalized spacial score (nSPS) is 14.3. The van der Waals surface area contributed by atoms with Crippen molar-refractivity contribution in [1.82, 2.24) is 5.32 Å². The molecule has 6 nitrogen and oxygen atoms in total. The van der Waals surface area contributed by atoms with Crippen LogP contribution < -0.4 is 15.4 Å². The van der Waals surface area contributed by atoms with Crippen LogP contribution in [0, 0.1) is 11.3 Å². The van der Waals surface area contributed by atoms with Crippen molar-refractivity contribution in [3.05, 3.63) is 63.6 Å². The number of carbonyl (C=O) groups is 2. The number of halogens is 2. The highest BCUT2D eigenvalue weighted by Crippen LogP contribution is 2.25. The maximum Gasteiger partial charge on any atom is 0.266 e. The molecule has 0 saturated heterocycles. The minimum Gasteiger partial charge on any atom is -0.484 e. The Labute approximate surface area is 197 Å². The molecule has 2 amide bonds. The molecule has 2 N–H and O–H groups in total. The molecule has 8 heteroatoms. The van der Waals surface area contributed by atoms with Crippen LogP contribution >= 0.6 is 23.2 Å². The van der Waals surface area contributed by atoms with Crippen molar-refractivity contribution >= 4 is 46.8 Å². The molecule has 0 radical (unpaired) electrons. The second-order valence-electron chi connectivity index (χ2n) is 7.51. The quantitative estimate of drug-likeness (QED) is 0.419. The minimum absolute atomic E-state index is 0.0544. The molecule has 0 aromatic heterocycles. The largest absolute Gasteiger partial charge is 0.484 e. The fraction of sp³-hybridized carbons (Fsp3) is 0.292. The average Bonchev–Trinajstić information content (AvgIpc) is 2.80. The zero-order chi connectivity index (χ0) is 22.9. The van der Waals surface area contributed by atoms with Gasteiger partial charge in [-0.2, -0.15) is 5.26 Å². The average molecular weight is 472 g/mol. The summed E-state index contributed by atoms with van der Waals surface area (Å²) in [6.07, 6.45) is 7.04. The molecule has 1 saturated carbocycles. The highest BCUT2D eigenvalue weighted by atomic mass is 35.5. The molecular formula is C24H23Cl2N3O3. The number of benzene rings is 2. The van der Waals surface area contributed by atoms with E-state index < -0.39 is 5.91 Å². The van der Waals surface area contributed by atoms with Gasteiger partial charge in [-0.3, -0.25) is 9.59 Å². The Kier molecular flexibility index (Phi) is 8.55. The number of nitriles is 1. The van der Waals surface area contributed by atoms with E-state index >= 15 is 0 Å². The van der Waals surface area contributed by atoms with Crippen LogP contribution in [0.1, 0.15) is 37.7 Å². The zero-order valence-corrected chi connectivity index (χ0v) is 18.9. The third kappa shape index (κ3) is 7.01. The van der Waals surface area contributed by atoms with Crippen molar-refractivity contribution in [2.45, 2.75) is 38.1 Å². The summed E-state index contributed by atoms with van der Waals surface area (Å²) in [5, 5.41) is 15.7. The molecule has 1 aliphatic carbocycles. The molecule has 0 atom stereocenters. The van der Waals surface area contributed by atoms with Gasteiger partial charge in [0.25, 0.3) is 11.8 Å². The van der Waals surface area contributed by atoms with E-state index in [-0.39, 0.29) is 24.1 Å². The molecular weight excluding hydrogens is 449 g/mol. The van der Waals surface area contributed by atoms with E-state index in [0.29, 0.717) is 27.0 Å². The highest BCUT2D eigenvalue weighted by molar-refractivity contribution is 6.42. The van der Waals surface area contributed by atoms with Crippen molar-refractivity contribution in [1.29, 1.82) is 5.26 Å². The predicted octanol–water partition coefficient (Wildman–Crippen LogP) is 5.37. The first-order valence-corrected chi connectivity index (χ1v) is 11.1. The molecule has 0 bridgehead atoms. The van der Waals surface area contributed by atoms with E-state index in [0.717, 1.165) is 25.7 Å². The summed E-state index contributed by atoms with van der Waals surface area (Å²) in [5.74, 6) is -0.170. The lowest BCUT2D eigenvalue weighted by Crippen LogP contribution is -2.38. The van der Waals surface area contributed by atoms with Crippen LogP contribution in [-0.4, -0.2) is 24.5 Å². The Morgan fingerprint density at radius 3 is 2.44 bits per heavy atom. The smallest absolute Gasteiger partial charge is 0.266 e. The molecule has 2 aromatic carbocycles. The number of carbonyl (C=O) groups excluding carboxylic acids is 2. The first kappa shape index (κ1) is 23.6. The molecule has 3 rings (SSSR count). The molecule has 1 aliphatic rings. The second-order valence-corrected chi connectivity index (χ2v) is 8.33. The van der Waals surface area contributed by atoms with Crippen LogP contribution in [0.25, 0.3) is 6.08 Å². The monoisotopic (exact) mass is 471 g/mol. The van der Waals surface area contributed by atoms with Crippen molar-refractivity contribution in [3.63, 3.8) is 0 Å². The van der Waals surface area contributed by atoms with E-state index in [9.17, 15) is 14.9 Å². The highest BCUT2D eigenvalue weighted by Gasteiger charge is 2.16. The summed E-state index contributed by atoms with van der Waals surface area (Å²) in [4.78, 5) is 24.5. The third-order valence-corrected chi connectivity index (χ3v) is 5.81. The summed E-state index contributed by atoms with van der Waals surface area (Å²) in [5.41, 5.74) is 1.00. The lowest BCUT2D eigenvalue weighted by Gasteiger charge is -2.22. The predicted molar refractivity (Wildman–Crippen MR) is 126 cm³/mol. The van der Waals surface area contributed by atoms with Crippen LogP contribution in [0.15, 0.2) is 48.0 Å². The van der Waals surface area contributed by atoms with E-state index in [4.69, 9.17) is 27.9 Å². The lowest BCUT2D eigenvalue weighted by molar-refractivity contribution is -0.124. The molecule has 0 unspecified atom stereocenters. The maximum atomic E-state index is 12.4. The van der Waals surface area contributed by atoms with Crippen molar-refractivity contribution in [2.24, 2.45) is 0 Å². The molecule has 0 heterocycles. The number of nitrogens with one attached hydrogen (secondary N) is 2. The van der Waals surface area contributed by atoms with Gasteiger partial charge in [-0.1, -0.05) is 54.6 Å². The number of nitrogens with zero attached hydrogens (tertiary/aromatic N) is 1. The third-order valence-electron chi connectivity index (χ3n) is 5.07. The van der Waals surface area contributed by atoms with Crippen molar-refractivity contribution in [2.75, 3.05) is 11.9 Å². The van der Waals surface area contributed by atoms with Crippen LogP contribution in [-0.2, 0) is 9.59 Å². The Morgan fingerprint density at radius 2 is 1.78 bits per heavy atom. The number of anilines is 1. The summed E-state index contributed by atoms with van der Waals surface area (Å²) in [6, 6.07) is 13.6. The fourth-order valence-electron chi connectivity index (χ4n) is 3.41. The molecule has 32 heavy (non-hydrogen) atoms. The second kappa shape index (κ2) is 11.6. The van der Waals surface area contributed by atoms with Crippen LogP contribution in [0.5, 0.6) is 5.75 Å². The fourth-order valence-corrected chi connectivity index (χ4v) is 3.71. The van der Waals surface area contributed by atoms with Gasteiger partial charge in [-0.25, -0.2) is 0 Å². The van der Waals surface area contributed by atoms with Crippen molar-refractivity contribution < 1.29 is 14.3 Å². The van der Waals surface area contributed by atoms with Gasteiger partial charge in [0.15, 0.2) is 6.61 Å². The summed E-state index contributed by atoms with van der Waals surface area (Å²) < 4.78 is 5.54. The maximum absolute atomic E-state index is 12.4. The Hall–Kier alpha value is -3.01. The van der Waals surface area contributed by atoms with Gasteiger partial charge in [0.05, 0.1) is 10.0 Å². The van der Waals surface area contributed by atoms with E-state index in [1.54, 1.807) is 36.4 Å². The molecule has 2 aromatic rings. The minimum atomic E-state index is -0.564. The molecule has 166 valence electrons. The van der Waals surface area contributed by atoms with E-state index in [1.165, 1.54) is 18.6 Å². The lowest BCUT2D eigenvalue weighted by atomic mass is 9.95. The molecule has 0 spiro atoms. The van der Waals surface area contributed by atoms with Gasteiger partial charge in [0, 0.05) is 11.7 Å².